The second-order valence-corrected chi connectivity index (χ2v) is 5.19. The highest BCUT2D eigenvalue weighted by molar-refractivity contribution is 5.99. The maximum atomic E-state index is 12.1. The van der Waals surface area contributed by atoms with Crippen molar-refractivity contribution in [3.8, 4) is 5.75 Å². The predicted molar refractivity (Wildman–Crippen MR) is 90.1 cm³/mol. The lowest BCUT2D eigenvalue weighted by molar-refractivity contribution is -0.385. The van der Waals surface area contributed by atoms with Crippen molar-refractivity contribution >= 4 is 17.4 Å². The van der Waals surface area contributed by atoms with Crippen molar-refractivity contribution in [2.24, 2.45) is 0 Å². The van der Waals surface area contributed by atoms with Crippen LogP contribution >= 0.6 is 0 Å². The van der Waals surface area contributed by atoms with Gasteiger partial charge in [0, 0.05) is 11.6 Å². The third kappa shape index (κ3) is 4.41. The number of nitro groups is 1. The van der Waals surface area contributed by atoms with E-state index in [4.69, 9.17) is 9.47 Å². The van der Waals surface area contributed by atoms with Crippen LogP contribution in [-0.4, -0.2) is 30.4 Å². The molecule has 0 bridgehead atoms. The summed E-state index contributed by atoms with van der Waals surface area (Å²) in [5, 5.41) is 11.0. The zero-order chi connectivity index (χ0) is 18.4. The van der Waals surface area contributed by atoms with Gasteiger partial charge >= 0.3 is 11.7 Å². The van der Waals surface area contributed by atoms with Crippen molar-refractivity contribution in [3.63, 3.8) is 0 Å². The van der Waals surface area contributed by atoms with Gasteiger partial charge in [0.05, 0.1) is 17.6 Å². The fourth-order valence-corrected chi connectivity index (χ4v) is 2.18. The Morgan fingerprint density at radius 3 is 2.28 bits per heavy atom. The Bertz CT molecular complexity index is 798. The Balaban J connectivity index is 2.05. The van der Waals surface area contributed by atoms with Gasteiger partial charge in [0.15, 0.2) is 18.1 Å². The predicted octanol–water partition coefficient (Wildman–Crippen LogP) is 3.21. The highest BCUT2D eigenvalue weighted by atomic mass is 16.6. The number of Topliss-reactive ketones (excluding diaryl/α,β-unsaturated/α-hetero) is 1. The lowest BCUT2D eigenvalue weighted by Crippen LogP contribution is -2.14. The number of hydrogen-bond acceptors (Lipinski definition) is 6. The van der Waals surface area contributed by atoms with Crippen LogP contribution in [-0.2, 0) is 11.2 Å². The van der Waals surface area contributed by atoms with Gasteiger partial charge in [0.1, 0.15) is 0 Å². The number of rotatable bonds is 7. The summed E-state index contributed by atoms with van der Waals surface area (Å²) in [4.78, 5) is 34.4. The van der Waals surface area contributed by atoms with Crippen molar-refractivity contribution in [1.29, 1.82) is 0 Å². The van der Waals surface area contributed by atoms with Crippen LogP contribution in [0.3, 0.4) is 0 Å². The van der Waals surface area contributed by atoms with E-state index in [0.717, 1.165) is 18.1 Å². The maximum Gasteiger partial charge on any atom is 0.338 e. The van der Waals surface area contributed by atoms with E-state index in [2.05, 4.69) is 0 Å². The zero-order valence-corrected chi connectivity index (χ0v) is 13.9. The summed E-state index contributed by atoms with van der Waals surface area (Å²) >= 11 is 0. The highest BCUT2D eigenvalue weighted by Gasteiger charge is 2.19. The molecule has 0 saturated heterocycles. The summed E-state index contributed by atoms with van der Waals surface area (Å²) in [6, 6.07) is 10.7. The maximum absolute atomic E-state index is 12.1. The summed E-state index contributed by atoms with van der Waals surface area (Å²) < 4.78 is 9.83. The molecule has 2 rings (SSSR count). The molecule has 0 spiro atoms. The molecule has 0 fully saturated rings. The number of carbonyl (C=O) groups is 2. The number of nitro benzene ring substituents is 1. The van der Waals surface area contributed by atoms with E-state index < -0.39 is 17.5 Å². The second-order valence-electron chi connectivity index (χ2n) is 5.19. The van der Waals surface area contributed by atoms with Crippen LogP contribution in [0.5, 0.6) is 5.75 Å². The van der Waals surface area contributed by atoms with Gasteiger partial charge in [-0.2, -0.15) is 0 Å². The molecular formula is C18H17NO6. The highest BCUT2D eigenvalue weighted by Crippen LogP contribution is 2.27. The molecule has 0 saturated carbocycles. The number of aryl methyl sites for hydroxylation is 1. The van der Waals surface area contributed by atoms with Crippen LogP contribution < -0.4 is 4.74 Å². The quantitative estimate of drug-likeness (QED) is 0.331. The average Bonchev–Trinajstić information content (AvgIpc) is 2.65. The van der Waals surface area contributed by atoms with Crippen LogP contribution in [0, 0.1) is 10.1 Å². The number of ketones is 1. The fraction of sp³-hybridized carbons (Fsp3) is 0.222. The third-order valence-corrected chi connectivity index (χ3v) is 3.63. The first-order valence-corrected chi connectivity index (χ1v) is 7.58. The minimum absolute atomic E-state index is 0.0263. The largest absolute Gasteiger partial charge is 0.490 e. The smallest absolute Gasteiger partial charge is 0.338 e. The standard InChI is InChI=1S/C18H17NO6/c1-3-12-4-6-13(7-5-12)16(20)11-25-18(21)14-8-9-17(24-2)15(10-14)19(22)23/h4-10H,3,11H2,1-2H3. The Morgan fingerprint density at radius 2 is 1.72 bits per heavy atom. The van der Waals surface area contributed by atoms with E-state index in [-0.39, 0.29) is 22.8 Å². The minimum atomic E-state index is -0.815. The first kappa shape index (κ1) is 18.1. The molecule has 25 heavy (non-hydrogen) atoms. The first-order chi connectivity index (χ1) is 12.0. The summed E-state index contributed by atoms with van der Waals surface area (Å²) in [7, 11) is 1.29. The Morgan fingerprint density at radius 1 is 1.08 bits per heavy atom. The third-order valence-electron chi connectivity index (χ3n) is 3.63. The molecule has 0 aliphatic rings. The Labute approximate surface area is 144 Å². The van der Waals surface area contributed by atoms with Gasteiger partial charge in [-0.25, -0.2) is 4.79 Å². The van der Waals surface area contributed by atoms with Gasteiger partial charge in [-0.05, 0) is 24.1 Å². The number of benzene rings is 2. The lowest BCUT2D eigenvalue weighted by atomic mass is 10.1. The Kier molecular flexibility index (Phi) is 5.84. The molecule has 7 heteroatoms. The zero-order valence-electron chi connectivity index (χ0n) is 13.9. The van der Waals surface area contributed by atoms with Crippen LogP contribution in [0.25, 0.3) is 0 Å². The number of nitrogens with zero attached hydrogens (tertiary/aromatic N) is 1. The number of carbonyl (C=O) groups excluding carboxylic acids is 2. The molecule has 7 nitrogen and oxygen atoms in total. The van der Waals surface area contributed by atoms with E-state index in [1.165, 1.54) is 19.2 Å². The molecule has 0 radical (unpaired) electrons. The van der Waals surface area contributed by atoms with Gasteiger partial charge in [0.25, 0.3) is 0 Å². The summed E-state index contributed by atoms with van der Waals surface area (Å²) in [6.07, 6.45) is 0.861. The van der Waals surface area contributed by atoms with E-state index in [9.17, 15) is 19.7 Å². The van der Waals surface area contributed by atoms with Gasteiger partial charge < -0.3 is 9.47 Å². The van der Waals surface area contributed by atoms with Gasteiger partial charge in [-0.1, -0.05) is 31.2 Å². The normalized spacial score (nSPS) is 10.2. The molecule has 0 aliphatic heterocycles. The van der Waals surface area contributed by atoms with E-state index in [0.29, 0.717) is 5.56 Å². The molecule has 2 aromatic rings. The second kappa shape index (κ2) is 8.05. The van der Waals surface area contributed by atoms with Crippen molar-refractivity contribution in [2.45, 2.75) is 13.3 Å². The molecule has 0 atom stereocenters. The minimum Gasteiger partial charge on any atom is -0.490 e. The molecule has 2 aromatic carbocycles. The number of hydrogen-bond donors (Lipinski definition) is 0. The van der Waals surface area contributed by atoms with Crippen molar-refractivity contribution < 1.29 is 24.0 Å². The number of ether oxygens (including phenoxy) is 2. The molecule has 130 valence electrons. The summed E-state index contributed by atoms with van der Waals surface area (Å²) in [6.45, 7) is 1.57. The van der Waals surface area contributed by atoms with Crippen LogP contribution in [0.4, 0.5) is 5.69 Å². The number of methoxy groups -OCH3 is 1. The molecule has 0 N–H and O–H groups in total. The van der Waals surface area contributed by atoms with Gasteiger partial charge in [-0.15, -0.1) is 0 Å². The molecular weight excluding hydrogens is 326 g/mol. The van der Waals surface area contributed by atoms with Gasteiger partial charge in [-0.3, -0.25) is 14.9 Å². The summed E-state index contributed by atoms with van der Waals surface area (Å²) in [5.74, 6) is -1.13. The van der Waals surface area contributed by atoms with Crippen molar-refractivity contribution in [2.75, 3.05) is 13.7 Å². The molecule has 0 amide bonds. The molecule has 0 heterocycles. The van der Waals surface area contributed by atoms with Crippen molar-refractivity contribution in [1.82, 2.24) is 0 Å². The first-order valence-electron chi connectivity index (χ1n) is 7.58. The molecule has 0 aromatic heterocycles. The molecule has 0 unspecified atom stereocenters. The Hall–Kier alpha value is -3.22. The lowest BCUT2D eigenvalue weighted by Gasteiger charge is -2.06. The summed E-state index contributed by atoms with van der Waals surface area (Å²) in [5.41, 5.74) is 1.16. The SMILES string of the molecule is CCc1ccc(C(=O)COC(=O)c2ccc(OC)c([N+](=O)[O-])c2)cc1. The van der Waals surface area contributed by atoms with Crippen molar-refractivity contribution in [3.05, 3.63) is 69.3 Å². The van der Waals surface area contributed by atoms with E-state index in [1.807, 2.05) is 19.1 Å². The fourth-order valence-electron chi connectivity index (χ4n) is 2.18. The van der Waals surface area contributed by atoms with E-state index >= 15 is 0 Å². The topological polar surface area (TPSA) is 95.7 Å². The van der Waals surface area contributed by atoms with Crippen LogP contribution in [0.1, 0.15) is 33.2 Å². The van der Waals surface area contributed by atoms with Gasteiger partial charge in [0.2, 0.25) is 0 Å². The monoisotopic (exact) mass is 343 g/mol. The van der Waals surface area contributed by atoms with Crippen LogP contribution in [0.2, 0.25) is 0 Å². The van der Waals surface area contributed by atoms with Crippen LogP contribution in [0.15, 0.2) is 42.5 Å². The van der Waals surface area contributed by atoms with E-state index in [1.54, 1.807) is 12.1 Å². The average molecular weight is 343 g/mol. The number of esters is 1. The molecule has 0 aliphatic carbocycles.